The van der Waals surface area contributed by atoms with Crippen molar-refractivity contribution in [1.82, 2.24) is 9.80 Å². The number of ether oxygens (including phenoxy) is 2. The number of imide groups is 1. The van der Waals surface area contributed by atoms with Crippen LogP contribution in [-0.2, 0) is 20.9 Å². The number of hydrogen-bond acceptors (Lipinski definition) is 6. The molecule has 2 aliphatic rings. The van der Waals surface area contributed by atoms with Crippen LogP contribution in [0.5, 0.6) is 5.75 Å². The minimum absolute atomic E-state index is 0.0726. The Bertz CT molecular complexity index is 1080. The summed E-state index contributed by atoms with van der Waals surface area (Å²) in [5, 5.41) is -0.340. The number of hydrogen-bond donors (Lipinski definition) is 0. The first-order valence-electron chi connectivity index (χ1n) is 10.2. The number of halogens is 2. The molecule has 2 aromatic carbocycles. The van der Waals surface area contributed by atoms with E-state index in [1.54, 1.807) is 35.2 Å². The third-order valence-corrected chi connectivity index (χ3v) is 6.42. The van der Waals surface area contributed by atoms with Gasteiger partial charge in [-0.05, 0) is 47.7 Å². The fraction of sp³-hybridized carbons (Fsp3) is 0.261. The number of carbonyl (C=O) groups is 3. The van der Waals surface area contributed by atoms with Crippen LogP contribution in [0.15, 0.2) is 47.4 Å². The number of amides is 3. The van der Waals surface area contributed by atoms with Gasteiger partial charge in [-0.1, -0.05) is 29.8 Å². The van der Waals surface area contributed by atoms with Crippen molar-refractivity contribution in [1.29, 1.82) is 0 Å². The van der Waals surface area contributed by atoms with Crippen LogP contribution < -0.4 is 4.74 Å². The van der Waals surface area contributed by atoms with Crippen molar-refractivity contribution in [2.75, 3.05) is 32.9 Å². The Labute approximate surface area is 199 Å². The molecular formula is C23H20ClFN2O5S. The van der Waals surface area contributed by atoms with Gasteiger partial charge in [-0.3, -0.25) is 19.3 Å². The molecule has 0 aromatic heterocycles. The molecule has 2 aliphatic heterocycles. The highest BCUT2D eigenvalue weighted by molar-refractivity contribution is 8.18. The minimum Gasteiger partial charge on any atom is -0.484 e. The van der Waals surface area contributed by atoms with Crippen LogP contribution in [0.4, 0.5) is 9.18 Å². The van der Waals surface area contributed by atoms with E-state index in [-0.39, 0.29) is 34.6 Å². The fourth-order valence-electron chi connectivity index (χ4n) is 3.34. The van der Waals surface area contributed by atoms with E-state index in [4.69, 9.17) is 21.1 Å². The summed E-state index contributed by atoms with van der Waals surface area (Å²) in [6.45, 7) is 1.85. The van der Waals surface area contributed by atoms with Gasteiger partial charge >= 0.3 is 0 Å². The van der Waals surface area contributed by atoms with Crippen LogP contribution in [0.3, 0.4) is 0 Å². The molecule has 0 bridgehead atoms. The van der Waals surface area contributed by atoms with E-state index >= 15 is 0 Å². The Balaban J connectivity index is 1.38. The zero-order chi connectivity index (χ0) is 23.4. The topological polar surface area (TPSA) is 76.2 Å². The molecule has 7 nitrogen and oxygen atoms in total. The summed E-state index contributed by atoms with van der Waals surface area (Å²) in [6, 6.07) is 11.0. The van der Waals surface area contributed by atoms with Crippen LogP contribution in [-0.4, -0.2) is 59.8 Å². The van der Waals surface area contributed by atoms with Crippen molar-refractivity contribution in [3.05, 3.63) is 69.3 Å². The lowest BCUT2D eigenvalue weighted by atomic mass is 10.2. The van der Waals surface area contributed by atoms with Gasteiger partial charge in [-0.15, -0.1) is 0 Å². The maximum absolute atomic E-state index is 14.1. The van der Waals surface area contributed by atoms with Gasteiger partial charge in [0.05, 0.1) is 24.7 Å². The summed E-state index contributed by atoms with van der Waals surface area (Å²) in [5.74, 6) is -0.684. The summed E-state index contributed by atoms with van der Waals surface area (Å²) in [7, 11) is 0. The molecule has 0 aliphatic carbocycles. The van der Waals surface area contributed by atoms with Gasteiger partial charge in [0.1, 0.15) is 11.6 Å². The molecule has 2 saturated heterocycles. The lowest BCUT2D eigenvalue weighted by molar-refractivity contribution is -0.137. The molecule has 0 atom stereocenters. The van der Waals surface area contributed by atoms with Gasteiger partial charge in [0.25, 0.3) is 17.1 Å². The monoisotopic (exact) mass is 490 g/mol. The molecule has 0 N–H and O–H groups in total. The molecule has 0 saturated carbocycles. The number of morpholine rings is 1. The third-order valence-electron chi connectivity index (χ3n) is 5.16. The molecule has 33 heavy (non-hydrogen) atoms. The Morgan fingerprint density at radius 3 is 2.58 bits per heavy atom. The predicted octanol–water partition coefficient (Wildman–Crippen LogP) is 3.95. The fourth-order valence-corrected chi connectivity index (χ4v) is 4.40. The van der Waals surface area contributed by atoms with Crippen LogP contribution in [0, 0.1) is 5.82 Å². The van der Waals surface area contributed by atoms with Gasteiger partial charge in [-0.2, -0.15) is 0 Å². The second-order valence-corrected chi connectivity index (χ2v) is 8.72. The number of rotatable bonds is 6. The normalized spacial score (nSPS) is 17.7. The van der Waals surface area contributed by atoms with Gasteiger partial charge < -0.3 is 14.4 Å². The van der Waals surface area contributed by atoms with Gasteiger partial charge in [0.2, 0.25) is 0 Å². The van der Waals surface area contributed by atoms with E-state index in [0.717, 1.165) is 16.7 Å². The average Bonchev–Trinajstić information content (AvgIpc) is 3.08. The Hall–Kier alpha value is -2.88. The Morgan fingerprint density at radius 2 is 1.88 bits per heavy atom. The lowest BCUT2D eigenvalue weighted by Gasteiger charge is -2.26. The average molecular weight is 491 g/mol. The molecule has 2 aromatic rings. The molecule has 0 spiro atoms. The van der Waals surface area contributed by atoms with Gasteiger partial charge in [-0.25, -0.2) is 4.39 Å². The van der Waals surface area contributed by atoms with Crippen molar-refractivity contribution < 1.29 is 28.2 Å². The van der Waals surface area contributed by atoms with Crippen molar-refractivity contribution in [2.24, 2.45) is 0 Å². The van der Waals surface area contributed by atoms with E-state index in [0.29, 0.717) is 37.6 Å². The summed E-state index contributed by atoms with van der Waals surface area (Å²) >= 11 is 6.80. The smallest absolute Gasteiger partial charge is 0.293 e. The van der Waals surface area contributed by atoms with Crippen molar-refractivity contribution >= 4 is 46.5 Å². The zero-order valence-electron chi connectivity index (χ0n) is 17.5. The predicted molar refractivity (Wildman–Crippen MR) is 122 cm³/mol. The number of benzene rings is 2. The SMILES string of the molecule is O=C(COc1ccc(/C=C2\SC(=O)N(Cc3c(F)cccc3Cl)C2=O)cc1)N1CCOCC1. The largest absolute Gasteiger partial charge is 0.484 e. The van der Waals surface area contributed by atoms with Gasteiger partial charge in [0.15, 0.2) is 6.61 Å². The molecule has 0 unspecified atom stereocenters. The highest BCUT2D eigenvalue weighted by Crippen LogP contribution is 2.34. The summed E-state index contributed by atoms with van der Waals surface area (Å²) in [5.41, 5.74) is 0.770. The van der Waals surface area contributed by atoms with Crippen LogP contribution in [0.1, 0.15) is 11.1 Å². The van der Waals surface area contributed by atoms with E-state index < -0.39 is 17.0 Å². The maximum atomic E-state index is 14.1. The number of nitrogens with zero attached hydrogens (tertiary/aromatic N) is 2. The molecule has 2 heterocycles. The lowest BCUT2D eigenvalue weighted by Crippen LogP contribution is -2.42. The quantitative estimate of drug-likeness (QED) is 0.571. The summed E-state index contributed by atoms with van der Waals surface area (Å²) in [6.07, 6.45) is 1.58. The highest BCUT2D eigenvalue weighted by Gasteiger charge is 2.35. The molecule has 2 fully saturated rings. The van der Waals surface area contributed by atoms with E-state index in [9.17, 15) is 18.8 Å². The van der Waals surface area contributed by atoms with Crippen LogP contribution in [0.2, 0.25) is 5.02 Å². The number of thioether (sulfide) groups is 1. The first-order valence-corrected chi connectivity index (χ1v) is 11.4. The minimum atomic E-state index is -0.576. The highest BCUT2D eigenvalue weighted by atomic mass is 35.5. The molecule has 172 valence electrons. The molecule has 10 heteroatoms. The molecule has 3 amide bonds. The maximum Gasteiger partial charge on any atom is 0.293 e. The summed E-state index contributed by atoms with van der Waals surface area (Å²) < 4.78 is 24.8. The first kappa shape index (κ1) is 23.3. The van der Waals surface area contributed by atoms with Crippen molar-refractivity contribution in [2.45, 2.75) is 6.54 Å². The van der Waals surface area contributed by atoms with Gasteiger partial charge in [0, 0.05) is 23.7 Å². The molecule has 4 rings (SSSR count). The Kier molecular flexibility index (Phi) is 7.32. The van der Waals surface area contributed by atoms with Crippen molar-refractivity contribution in [3.63, 3.8) is 0 Å². The Morgan fingerprint density at radius 1 is 1.15 bits per heavy atom. The van der Waals surface area contributed by atoms with E-state index in [1.165, 1.54) is 18.2 Å². The van der Waals surface area contributed by atoms with E-state index in [1.807, 2.05) is 0 Å². The standard InChI is InChI=1S/C23H20ClFN2O5S/c24-18-2-1-3-19(25)17(18)13-27-22(29)20(33-23(27)30)12-15-4-6-16(7-5-15)32-14-21(28)26-8-10-31-11-9-26/h1-7,12H,8-11,13-14H2/b20-12-. The van der Waals surface area contributed by atoms with E-state index in [2.05, 4.69) is 0 Å². The second kappa shape index (κ2) is 10.4. The second-order valence-electron chi connectivity index (χ2n) is 7.32. The molecule has 0 radical (unpaired) electrons. The summed E-state index contributed by atoms with van der Waals surface area (Å²) in [4.78, 5) is 40.1. The zero-order valence-corrected chi connectivity index (χ0v) is 19.0. The third kappa shape index (κ3) is 5.55. The van der Waals surface area contributed by atoms with Crippen LogP contribution in [0.25, 0.3) is 6.08 Å². The van der Waals surface area contributed by atoms with Crippen molar-refractivity contribution in [3.8, 4) is 5.75 Å². The number of carbonyl (C=O) groups excluding carboxylic acids is 3. The first-order chi connectivity index (χ1) is 15.9. The van der Waals surface area contributed by atoms with Crippen LogP contribution >= 0.6 is 23.4 Å². The molecular weight excluding hydrogens is 471 g/mol.